The first-order chi connectivity index (χ1) is 58.6. The number of likely N-dealkylation sites (tertiary alicyclic amines) is 2. The van der Waals surface area contributed by atoms with Gasteiger partial charge >= 0.3 is 0 Å². The zero-order valence-corrected chi connectivity index (χ0v) is 91.0. The number of benzene rings is 3. The van der Waals surface area contributed by atoms with Gasteiger partial charge in [-0.05, 0) is 275 Å². The van der Waals surface area contributed by atoms with Gasteiger partial charge in [0.15, 0.2) is 5.78 Å². The molecular formula is C113H239N11O2. The van der Waals surface area contributed by atoms with Gasteiger partial charge in [0.1, 0.15) is 0 Å². The van der Waals surface area contributed by atoms with E-state index in [-0.39, 0.29) is 39.5 Å². The summed E-state index contributed by atoms with van der Waals surface area (Å²) in [5, 5.41) is 1.33. The Kier molecular flexibility index (Phi) is 126. The predicted octanol–water partition coefficient (Wildman–Crippen LogP) is 33.8. The normalized spacial score (nSPS) is 14.5. The van der Waals surface area contributed by atoms with Crippen LogP contribution in [-0.2, 0) is 17.6 Å². The minimum atomic E-state index is -0.183. The molecule has 126 heavy (non-hydrogen) atoms. The number of piperazine rings is 1. The van der Waals surface area contributed by atoms with Gasteiger partial charge in [0.25, 0.3) is 5.56 Å². The number of aryl methyl sites for hydroxylation is 2. The van der Waals surface area contributed by atoms with Crippen molar-refractivity contribution in [2.75, 3.05) is 95.4 Å². The molecule has 0 N–H and O–H groups in total. The molecular weight excluding hydrogens is 1540 g/mol. The van der Waals surface area contributed by atoms with Crippen molar-refractivity contribution >= 4 is 28.1 Å². The van der Waals surface area contributed by atoms with Crippen LogP contribution in [0.2, 0.25) is 0 Å². The van der Waals surface area contributed by atoms with Crippen LogP contribution in [0.1, 0.15) is 431 Å². The fourth-order valence-corrected chi connectivity index (χ4v) is 13.1. The third-order valence-electron chi connectivity index (χ3n) is 19.5. The van der Waals surface area contributed by atoms with Crippen LogP contribution >= 0.6 is 0 Å². The summed E-state index contributed by atoms with van der Waals surface area (Å²) >= 11 is 0. The number of rotatable bonds is 9. The number of aromatic nitrogens is 3. The Labute approximate surface area is 799 Å². The number of hydrogen-bond acceptors (Lipinski definition) is 11. The first kappa shape index (κ1) is 152. The minimum absolute atomic E-state index is 0. The average Bonchev–Trinajstić information content (AvgIpc) is 1.69. The van der Waals surface area contributed by atoms with Crippen LogP contribution in [0, 0.1) is 13.8 Å². The van der Waals surface area contributed by atoms with Gasteiger partial charge in [-0.2, -0.15) is 4.98 Å². The molecule has 758 valence electrons. The number of piperidine rings is 2. The lowest BCUT2D eigenvalue weighted by atomic mass is 10.0. The summed E-state index contributed by atoms with van der Waals surface area (Å²) in [6.07, 6.45) is 26.7. The molecule has 0 amide bonds. The standard InChI is InChI=1S/C12H17N.C12H15N.C11H15N.C9H19N.C8H18N2.C8H13NO.C8H17N.C8H15N.C7H10N2O.13C2H6.4CH4.3H2/c2*1-9(2)13-7-6-11-5-4-10(3)8-12(11)13;1-9(2)12-8-7-10-5-3-4-6-11(10)12;1-8(2)10-7-5-4-6-9(10)3;1-8(2)10-6-4-9(3)5-7-10;1-7(2)9-5-3-4-8(10)6-9;2*1-8(2)9-6-4-3-5-7-9;1-6(2)9-4-3-7(10)8-5-9;13*1-2;;;;;;;/h4-5,8-9H,6-7H2,1-3H3;4-9H,1-3H3;3-6,9H,7-8H2,1-2H3;8-9H,4-7H2,1-3H3;8H,4-7H2,1-3H3;3,5,7H,4,6H2,1-2H3;8H,3-7H2,1-2H3;3-4,8H,5-7H2,1-2H3;3-6H,1-2H3;13*1-2H3;4*1H4;3*1H/i;;;;;;;;;;;;;;;;;;;;;;;;;;3*1+1. The second-order valence-electron chi connectivity index (χ2n) is 30.2. The summed E-state index contributed by atoms with van der Waals surface area (Å²) in [5.74, 6) is 0.316. The van der Waals surface area contributed by atoms with Gasteiger partial charge in [0, 0.05) is 159 Å². The molecule has 3 fully saturated rings. The van der Waals surface area contributed by atoms with Crippen LogP contribution in [0.25, 0.3) is 10.9 Å². The van der Waals surface area contributed by atoms with Gasteiger partial charge in [-0.25, -0.2) is 0 Å². The van der Waals surface area contributed by atoms with Crippen LogP contribution in [0.15, 0.2) is 121 Å². The molecule has 0 radical (unpaired) electrons. The first-order valence-corrected chi connectivity index (χ1v) is 50.6. The molecule has 7 aliphatic rings. The topological polar surface area (TPSA) is 82.8 Å². The average molecular weight is 1790 g/mol. The number of nitrogens with zero attached hydrogens (tertiary/aromatic N) is 11. The summed E-state index contributed by atoms with van der Waals surface area (Å²) in [6, 6.07) is 32.1. The second-order valence-corrected chi connectivity index (χ2v) is 30.2. The van der Waals surface area contributed by atoms with Crippen LogP contribution < -0.4 is 15.4 Å². The van der Waals surface area contributed by atoms with Crippen molar-refractivity contribution in [2.45, 2.75) is 480 Å². The van der Waals surface area contributed by atoms with Gasteiger partial charge in [-0.3, -0.25) is 24.3 Å². The van der Waals surface area contributed by atoms with Crippen LogP contribution in [0.4, 0.5) is 11.4 Å². The molecule has 1 atom stereocenters. The fourth-order valence-electron chi connectivity index (χ4n) is 13.1. The monoisotopic (exact) mass is 1790 g/mol. The van der Waals surface area contributed by atoms with E-state index in [2.05, 4.69) is 268 Å². The number of para-hydroxylation sites is 1. The van der Waals surface area contributed by atoms with E-state index in [1.54, 1.807) is 12.5 Å². The number of fused-ring (bicyclic) bond motifs is 3. The highest BCUT2D eigenvalue weighted by Gasteiger charge is 2.23. The number of ketones is 1. The predicted molar refractivity (Wildman–Crippen MR) is 598 cm³/mol. The number of carbonyl (C=O) groups is 1. The molecule has 3 aromatic carbocycles. The molecule has 5 aromatic rings. The number of Topliss-reactive ketones (excluding diaryl/α,β-unsaturated/α-hetero) is 1. The van der Waals surface area contributed by atoms with E-state index in [0.717, 1.165) is 36.8 Å². The molecule has 9 heterocycles. The number of carbonyl (C=O) groups excluding carboxylic acids is 1. The molecule has 7 aliphatic heterocycles. The Balaban J connectivity index is -0.0000000703. The summed E-state index contributed by atoms with van der Waals surface area (Å²) in [6.45, 7) is 113. The first-order valence-electron chi connectivity index (χ1n) is 50.6. The zero-order chi connectivity index (χ0) is 97.0. The van der Waals surface area contributed by atoms with E-state index in [0.29, 0.717) is 49.0 Å². The highest BCUT2D eigenvalue weighted by Crippen LogP contribution is 2.31. The summed E-state index contributed by atoms with van der Waals surface area (Å²) in [4.78, 5) is 44.6. The SMILES string of the molecule is C.C.C.C.CC.CC.CC.CC.CC.CC.CC.CC.CC.CC.CC.CC.CC.CC(C)N1C=CCC(=O)C1.CC(C)N1CC=CCC1.CC(C)N1CCCCC1.CC(C)N1CCCCC1C.CC(C)N1CCN(C)CC1.CC(C)N1CCc2ccccc21.CC(C)n1ccc(=O)nc1.Cc1ccc2c(c1)N(C(C)C)CC2.Cc1ccc2ccn(C(C)C)c2c1.[2HH].[2HH].[2HH]. The lowest BCUT2D eigenvalue weighted by Crippen LogP contribution is -2.47. The molecule has 0 spiro atoms. The Bertz CT molecular complexity index is 3050. The third-order valence-corrected chi connectivity index (χ3v) is 19.5. The summed E-state index contributed by atoms with van der Waals surface area (Å²) < 4.78 is 4.18. The zero-order valence-electron chi connectivity index (χ0n) is 91.0. The molecule has 0 saturated carbocycles. The van der Waals surface area contributed by atoms with Crippen LogP contribution in [0.5, 0.6) is 0 Å². The maximum absolute atomic E-state index is 10.9. The van der Waals surface area contributed by atoms with E-state index < -0.39 is 0 Å². The van der Waals surface area contributed by atoms with Crippen molar-refractivity contribution in [3.05, 3.63) is 149 Å². The van der Waals surface area contributed by atoms with Crippen molar-refractivity contribution in [1.82, 2.24) is 43.5 Å². The van der Waals surface area contributed by atoms with Crippen molar-refractivity contribution in [2.24, 2.45) is 0 Å². The lowest BCUT2D eigenvalue weighted by Gasteiger charge is -2.36. The number of likely N-dealkylation sites (N-methyl/N-ethyl adjacent to an activating group) is 1. The lowest BCUT2D eigenvalue weighted by molar-refractivity contribution is -0.119. The maximum atomic E-state index is 10.9. The molecule has 0 bridgehead atoms. The Morgan fingerprint density at radius 3 is 1.21 bits per heavy atom. The number of anilines is 2. The Morgan fingerprint density at radius 2 is 0.833 bits per heavy atom. The molecule has 0 aliphatic carbocycles. The second kappa shape index (κ2) is 105. The highest BCUT2D eigenvalue weighted by molar-refractivity contribution is 5.83. The van der Waals surface area contributed by atoms with Gasteiger partial charge in [0.05, 0.1) is 12.9 Å². The molecule has 12 rings (SSSR count). The van der Waals surface area contributed by atoms with Crippen molar-refractivity contribution in [3.8, 4) is 0 Å². The molecule has 2 aromatic heterocycles. The van der Waals surface area contributed by atoms with Crippen molar-refractivity contribution in [1.29, 1.82) is 0 Å². The molecule has 1 unspecified atom stereocenters. The van der Waals surface area contributed by atoms with Crippen LogP contribution in [0.3, 0.4) is 0 Å². The highest BCUT2D eigenvalue weighted by atomic mass is 16.1. The molecule has 13 heteroatoms. The van der Waals surface area contributed by atoms with E-state index in [1.807, 2.05) is 216 Å². The van der Waals surface area contributed by atoms with E-state index >= 15 is 0 Å². The third kappa shape index (κ3) is 71.2. The molecule has 13 nitrogen and oxygen atoms in total. The van der Waals surface area contributed by atoms with Crippen molar-refractivity contribution in [3.63, 3.8) is 0 Å². The van der Waals surface area contributed by atoms with E-state index in [4.69, 9.17) is 0 Å². The summed E-state index contributed by atoms with van der Waals surface area (Å²) in [5.41, 5.74) is 9.76. The van der Waals surface area contributed by atoms with Gasteiger partial charge in [-0.1, -0.05) is 283 Å². The Hall–Kier alpha value is -5.57. The smallest absolute Gasteiger partial charge is 0.272 e. The fraction of sp³-hybridized carbons (Fsp3) is 0.743. The maximum Gasteiger partial charge on any atom is 0.272 e. The Morgan fingerprint density at radius 1 is 0.389 bits per heavy atom. The quantitative estimate of drug-likeness (QED) is 0.132. The number of allylic oxidation sites excluding steroid dienone is 1. The summed E-state index contributed by atoms with van der Waals surface area (Å²) in [7, 11) is 2.19. The van der Waals surface area contributed by atoms with Crippen molar-refractivity contribution < 1.29 is 9.07 Å². The van der Waals surface area contributed by atoms with Gasteiger partial charge < -0.3 is 33.6 Å². The van der Waals surface area contributed by atoms with Crippen LogP contribution in [-0.4, -0.2) is 183 Å². The van der Waals surface area contributed by atoms with E-state index in [1.165, 1.54) is 174 Å². The number of hydrogen-bond donors (Lipinski definition) is 0. The van der Waals surface area contributed by atoms with E-state index in [9.17, 15) is 9.59 Å². The minimum Gasteiger partial charge on any atom is -0.369 e. The largest absolute Gasteiger partial charge is 0.369 e. The van der Waals surface area contributed by atoms with Gasteiger partial charge in [-0.15, -0.1) is 0 Å². The van der Waals surface area contributed by atoms with Gasteiger partial charge in [0.2, 0.25) is 0 Å². The molecule has 3 saturated heterocycles.